The van der Waals surface area contributed by atoms with E-state index in [2.05, 4.69) is 10.3 Å². The fourth-order valence-electron chi connectivity index (χ4n) is 4.47. The number of hydrogen-bond acceptors (Lipinski definition) is 6. The molecule has 1 fully saturated rings. The molecular formula is C25H26N6O3. The van der Waals surface area contributed by atoms with Gasteiger partial charge in [-0.25, -0.2) is 9.78 Å². The van der Waals surface area contributed by atoms with Crippen LogP contribution in [-0.2, 0) is 11.3 Å². The van der Waals surface area contributed by atoms with Crippen molar-refractivity contribution in [1.29, 1.82) is 0 Å². The zero-order chi connectivity index (χ0) is 23.5. The second-order valence-corrected chi connectivity index (χ2v) is 8.37. The number of nitrogens with zero attached hydrogens (tertiary/aromatic N) is 5. The van der Waals surface area contributed by atoms with E-state index < -0.39 is 0 Å². The highest BCUT2D eigenvalue weighted by molar-refractivity contribution is 6.06. The van der Waals surface area contributed by atoms with E-state index in [4.69, 9.17) is 9.72 Å². The number of aromatic nitrogens is 2. The van der Waals surface area contributed by atoms with E-state index >= 15 is 0 Å². The molecule has 2 aromatic carbocycles. The molecule has 1 unspecified atom stereocenters. The van der Waals surface area contributed by atoms with Crippen molar-refractivity contribution in [2.75, 3.05) is 35.3 Å². The third kappa shape index (κ3) is 4.24. The topological polar surface area (TPSA) is 90.9 Å². The van der Waals surface area contributed by atoms with E-state index in [1.54, 1.807) is 28.0 Å². The van der Waals surface area contributed by atoms with Crippen molar-refractivity contribution in [3.63, 3.8) is 0 Å². The van der Waals surface area contributed by atoms with E-state index in [1.807, 2.05) is 54.6 Å². The van der Waals surface area contributed by atoms with Crippen LogP contribution in [0.2, 0.25) is 0 Å². The first-order valence-corrected chi connectivity index (χ1v) is 11.3. The highest BCUT2D eigenvalue weighted by Gasteiger charge is 2.39. The minimum Gasteiger partial charge on any atom is -0.497 e. The number of nitrogens with one attached hydrogen (secondary N) is 1. The average molecular weight is 459 g/mol. The van der Waals surface area contributed by atoms with Gasteiger partial charge < -0.3 is 15.0 Å². The number of urea groups is 1. The summed E-state index contributed by atoms with van der Waals surface area (Å²) in [5.74, 6) is 1.73. The maximum absolute atomic E-state index is 13.8. The number of para-hydroxylation sites is 1. The Balaban J connectivity index is 1.52. The van der Waals surface area contributed by atoms with Crippen molar-refractivity contribution in [3.8, 4) is 5.75 Å². The Kier molecular flexibility index (Phi) is 5.99. The van der Waals surface area contributed by atoms with E-state index in [0.717, 1.165) is 41.9 Å². The summed E-state index contributed by atoms with van der Waals surface area (Å²) in [5.41, 5.74) is 2.47. The number of piperidine rings is 1. The quantitative estimate of drug-likeness (QED) is 0.565. The van der Waals surface area contributed by atoms with E-state index in [9.17, 15) is 9.59 Å². The highest BCUT2D eigenvalue weighted by atomic mass is 16.5. The van der Waals surface area contributed by atoms with Gasteiger partial charge in [-0.1, -0.05) is 18.2 Å². The Morgan fingerprint density at radius 1 is 1.12 bits per heavy atom. The van der Waals surface area contributed by atoms with Crippen LogP contribution in [0.4, 0.5) is 27.9 Å². The van der Waals surface area contributed by atoms with Crippen molar-refractivity contribution in [2.24, 2.45) is 0 Å². The highest BCUT2D eigenvalue weighted by Crippen LogP contribution is 2.35. The molecule has 9 nitrogen and oxygen atoms in total. The summed E-state index contributed by atoms with van der Waals surface area (Å²) < 4.78 is 5.26. The molecule has 2 aliphatic rings. The van der Waals surface area contributed by atoms with Crippen molar-refractivity contribution in [3.05, 3.63) is 66.4 Å². The predicted octanol–water partition coefficient (Wildman–Crippen LogP) is 3.80. The SMILES string of the molecule is COc1ccc(N2Cc3cnc(Nc4ccccc4)nc3N(C3CCCN(C=O)C3)C2=O)cc1. The van der Waals surface area contributed by atoms with Crippen LogP contribution >= 0.6 is 0 Å². The molecule has 3 heterocycles. The van der Waals surface area contributed by atoms with Crippen LogP contribution in [0, 0.1) is 0 Å². The van der Waals surface area contributed by atoms with Crippen molar-refractivity contribution < 1.29 is 14.3 Å². The van der Waals surface area contributed by atoms with Crippen LogP contribution in [-0.4, -0.2) is 53.6 Å². The van der Waals surface area contributed by atoms with Crippen molar-refractivity contribution >= 4 is 35.6 Å². The minimum absolute atomic E-state index is 0.167. The molecule has 34 heavy (non-hydrogen) atoms. The van der Waals surface area contributed by atoms with Gasteiger partial charge >= 0.3 is 6.03 Å². The molecule has 9 heteroatoms. The number of likely N-dealkylation sites (tertiary alicyclic amines) is 1. The number of benzene rings is 2. The molecule has 0 spiro atoms. The second kappa shape index (κ2) is 9.38. The lowest BCUT2D eigenvalue weighted by atomic mass is 10.0. The molecule has 2 aliphatic heterocycles. The molecule has 5 rings (SSSR count). The fraction of sp³-hybridized carbons (Fsp3) is 0.280. The molecule has 1 N–H and O–H groups in total. The van der Waals surface area contributed by atoms with Gasteiger partial charge in [-0.05, 0) is 49.2 Å². The van der Waals surface area contributed by atoms with Gasteiger partial charge in [0.2, 0.25) is 12.4 Å². The predicted molar refractivity (Wildman–Crippen MR) is 129 cm³/mol. The normalized spacial score (nSPS) is 17.9. The van der Waals surface area contributed by atoms with Crippen LogP contribution in [0.25, 0.3) is 0 Å². The Labute approximate surface area is 198 Å². The van der Waals surface area contributed by atoms with Crippen molar-refractivity contribution in [2.45, 2.75) is 25.4 Å². The smallest absolute Gasteiger partial charge is 0.330 e. The number of amides is 3. The summed E-state index contributed by atoms with van der Waals surface area (Å²) in [7, 11) is 1.61. The summed E-state index contributed by atoms with van der Waals surface area (Å²) in [6.45, 7) is 1.52. The fourth-order valence-corrected chi connectivity index (χ4v) is 4.47. The van der Waals surface area contributed by atoms with E-state index in [0.29, 0.717) is 31.4 Å². The Bertz CT molecular complexity index is 1170. The van der Waals surface area contributed by atoms with Crippen LogP contribution in [0.15, 0.2) is 60.8 Å². The zero-order valence-electron chi connectivity index (χ0n) is 18.9. The number of rotatable bonds is 6. The Morgan fingerprint density at radius 3 is 2.65 bits per heavy atom. The second-order valence-electron chi connectivity index (χ2n) is 8.37. The van der Waals surface area contributed by atoms with Gasteiger partial charge in [0, 0.05) is 36.2 Å². The van der Waals surface area contributed by atoms with Crippen LogP contribution in [0.5, 0.6) is 5.75 Å². The van der Waals surface area contributed by atoms with Crippen LogP contribution in [0.1, 0.15) is 18.4 Å². The number of anilines is 4. The standard InChI is InChI=1S/C25H26N6O3/c1-34-22-11-9-20(10-12-22)30-15-18-14-26-24(27-19-6-3-2-4-7-19)28-23(18)31(25(30)33)21-8-5-13-29(16-21)17-32/h2-4,6-7,9-12,14,17,21H,5,8,13,15-16H2,1H3,(H,26,27,28). The summed E-state index contributed by atoms with van der Waals surface area (Å²) >= 11 is 0. The first-order valence-electron chi connectivity index (χ1n) is 11.3. The third-order valence-electron chi connectivity index (χ3n) is 6.19. The van der Waals surface area contributed by atoms with Gasteiger partial charge in [-0.3, -0.25) is 14.6 Å². The molecular weight excluding hydrogens is 432 g/mol. The lowest BCUT2D eigenvalue weighted by Gasteiger charge is -2.43. The number of carbonyl (C=O) groups is 2. The monoisotopic (exact) mass is 458 g/mol. The minimum atomic E-state index is -0.175. The maximum Gasteiger partial charge on any atom is 0.330 e. The van der Waals surface area contributed by atoms with Crippen LogP contribution in [0.3, 0.4) is 0 Å². The third-order valence-corrected chi connectivity index (χ3v) is 6.19. The Hall–Kier alpha value is -4.14. The summed E-state index contributed by atoms with van der Waals surface area (Å²) in [4.78, 5) is 39.8. The largest absolute Gasteiger partial charge is 0.497 e. The van der Waals surface area contributed by atoms with Gasteiger partial charge in [0.05, 0.1) is 19.7 Å². The van der Waals surface area contributed by atoms with E-state index in [1.165, 1.54) is 0 Å². The number of ether oxygens (including phenoxy) is 1. The summed E-state index contributed by atoms with van der Waals surface area (Å²) in [5, 5.41) is 3.21. The number of fused-ring (bicyclic) bond motifs is 1. The van der Waals surface area contributed by atoms with Gasteiger partial charge in [0.15, 0.2) is 0 Å². The lowest BCUT2D eigenvalue weighted by Crippen LogP contribution is -2.57. The lowest BCUT2D eigenvalue weighted by molar-refractivity contribution is -0.119. The van der Waals surface area contributed by atoms with Gasteiger partial charge in [-0.2, -0.15) is 4.98 Å². The molecule has 0 bridgehead atoms. The molecule has 1 saturated heterocycles. The first kappa shape index (κ1) is 21.7. The Morgan fingerprint density at radius 2 is 1.91 bits per heavy atom. The van der Waals surface area contributed by atoms with Crippen LogP contribution < -0.4 is 19.9 Å². The van der Waals surface area contributed by atoms with E-state index in [-0.39, 0.29) is 12.1 Å². The zero-order valence-corrected chi connectivity index (χ0v) is 18.9. The van der Waals surface area contributed by atoms with Gasteiger partial charge in [-0.15, -0.1) is 0 Å². The molecule has 1 atom stereocenters. The molecule has 0 radical (unpaired) electrons. The average Bonchev–Trinajstić information content (AvgIpc) is 2.89. The molecule has 1 aromatic heterocycles. The maximum atomic E-state index is 13.8. The molecule has 3 aromatic rings. The number of carbonyl (C=O) groups excluding carboxylic acids is 2. The number of methoxy groups -OCH3 is 1. The first-order chi connectivity index (χ1) is 16.7. The molecule has 174 valence electrons. The molecule has 3 amide bonds. The number of hydrogen-bond donors (Lipinski definition) is 1. The molecule has 0 saturated carbocycles. The van der Waals surface area contributed by atoms with Crippen molar-refractivity contribution in [1.82, 2.24) is 14.9 Å². The summed E-state index contributed by atoms with van der Waals surface area (Å²) in [6.07, 6.45) is 4.23. The van der Waals surface area contributed by atoms with Gasteiger partial charge in [0.25, 0.3) is 0 Å². The molecule has 0 aliphatic carbocycles. The van der Waals surface area contributed by atoms with Gasteiger partial charge in [0.1, 0.15) is 11.6 Å². The summed E-state index contributed by atoms with van der Waals surface area (Å²) in [6, 6.07) is 16.7.